The van der Waals surface area contributed by atoms with Gasteiger partial charge in [-0.3, -0.25) is 14.4 Å². The molecule has 0 amide bonds. The lowest BCUT2D eigenvalue weighted by Gasteiger charge is -2.13. The fourth-order valence-corrected chi connectivity index (χ4v) is 0.838. The Morgan fingerprint density at radius 3 is 1.59 bits per heavy atom. The van der Waals surface area contributed by atoms with Gasteiger partial charge in [-0.25, -0.2) is 0 Å². The van der Waals surface area contributed by atoms with Crippen molar-refractivity contribution in [3.05, 3.63) is 0 Å². The summed E-state index contributed by atoms with van der Waals surface area (Å²) in [6.45, 7) is 1.17. The Labute approximate surface area is 96.3 Å². The van der Waals surface area contributed by atoms with E-state index in [4.69, 9.17) is 29.7 Å². The van der Waals surface area contributed by atoms with E-state index < -0.39 is 44.4 Å². The molecule has 0 aromatic rings. The Bertz CT molecular complexity index is 308. The third-order valence-corrected chi connectivity index (χ3v) is 1.70. The van der Waals surface area contributed by atoms with Crippen LogP contribution in [0.25, 0.3) is 0 Å². The van der Waals surface area contributed by atoms with E-state index in [0.717, 1.165) is 0 Å². The van der Waals surface area contributed by atoms with Crippen molar-refractivity contribution in [2.24, 2.45) is 11.8 Å². The second-order valence-electron chi connectivity index (χ2n) is 2.92. The average Bonchev–Trinajstić information content (AvgIpc) is 2.11. The highest BCUT2D eigenvalue weighted by molar-refractivity contribution is 7.30. The molecule has 9 nitrogen and oxygen atoms in total. The van der Waals surface area contributed by atoms with E-state index in [2.05, 4.69) is 0 Å². The Kier molecular flexibility index (Phi) is 8.98. The molecule has 0 aliphatic rings. The molecule has 0 aliphatic carbocycles. The summed E-state index contributed by atoms with van der Waals surface area (Å²) in [4.78, 5) is 45.3. The first-order valence-corrected chi connectivity index (χ1v) is 5.28. The minimum Gasteiger partial charge on any atom is -0.481 e. The Morgan fingerprint density at radius 2 is 1.41 bits per heavy atom. The second-order valence-corrected chi connectivity index (χ2v) is 3.43. The molecule has 0 saturated carbocycles. The summed E-state index contributed by atoms with van der Waals surface area (Å²) in [5.41, 5.74) is 0. The standard InChI is InChI=1S/C7H10O6.HO3P/c1-3(6(10)11)4(7(12)13)2-5(8)9;1-4(2)3/h3-4H,2H2,1H3,(H,8,9)(H,10,11)(H,12,13);(H-,1,2,3)/p+1. The molecule has 0 aliphatic heterocycles. The fourth-order valence-electron chi connectivity index (χ4n) is 0.838. The molecule has 0 aromatic heterocycles. The van der Waals surface area contributed by atoms with Gasteiger partial charge in [-0.1, -0.05) is 6.92 Å². The maximum Gasteiger partial charge on any atom is 0.692 e. The highest BCUT2D eigenvalue weighted by Gasteiger charge is 2.31. The maximum atomic E-state index is 10.5. The minimum atomic E-state index is -2.87. The smallest absolute Gasteiger partial charge is 0.481 e. The van der Waals surface area contributed by atoms with E-state index in [1.54, 1.807) is 0 Å². The van der Waals surface area contributed by atoms with Crippen molar-refractivity contribution in [2.45, 2.75) is 13.3 Å². The number of rotatable bonds is 5. The molecular weight excluding hydrogens is 259 g/mol. The number of carboxylic acids is 3. The van der Waals surface area contributed by atoms with Gasteiger partial charge < -0.3 is 15.3 Å². The molecule has 5 N–H and O–H groups in total. The molecule has 0 bridgehead atoms. The van der Waals surface area contributed by atoms with Crippen LogP contribution in [0, 0.1) is 11.8 Å². The third kappa shape index (κ3) is 10.7. The summed E-state index contributed by atoms with van der Waals surface area (Å²) >= 11 is 0. The summed E-state index contributed by atoms with van der Waals surface area (Å²) in [5, 5.41) is 25.3. The first-order chi connectivity index (χ1) is 7.59. The van der Waals surface area contributed by atoms with Crippen LogP contribution >= 0.6 is 8.25 Å². The van der Waals surface area contributed by atoms with Crippen LogP contribution in [0.2, 0.25) is 0 Å². The lowest BCUT2D eigenvalue weighted by atomic mass is 9.91. The highest BCUT2D eigenvalue weighted by Crippen LogP contribution is 2.16. The van der Waals surface area contributed by atoms with Crippen molar-refractivity contribution >= 4 is 26.2 Å². The zero-order valence-corrected chi connectivity index (χ0v) is 9.57. The second kappa shape index (κ2) is 8.57. The van der Waals surface area contributed by atoms with Crippen LogP contribution in [0.5, 0.6) is 0 Å². The molecule has 0 fully saturated rings. The zero-order valence-electron chi connectivity index (χ0n) is 8.68. The van der Waals surface area contributed by atoms with Gasteiger partial charge in [0.05, 0.1) is 18.3 Å². The summed E-state index contributed by atoms with van der Waals surface area (Å²) in [6.07, 6.45) is -0.678. The van der Waals surface area contributed by atoms with Crippen molar-refractivity contribution in [1.82, 2.24) is 0 Å². The molecule has 17 heavy (non-hydrogen) atoms. The predicted octanol–water partition coefficient (Wildman–Crippen LogP) is -0.489. The van der Waals surface area contributed by atoms with Crippen LogP contribution in [0.3, 0.4) is 0 Å². The van der Waals surface area contributed by atoms with E-state index in [9.17, 15) is 14.4 Å². The van der Waals surface area contributed by atoms with Crippen LogP contribution in [-0.4, -0.2) is 43.0 Å². The van der Waals surface area contributed by atoms with Gasteiger partial charge >= 0.3 is 26.2 Å². The molecule has 10 heteroatoms. The molecule has 0 radical (unpaired) electrons. The van der Waals surface area contributed by atoms with E-state index in [0.29, 0.717) is 0 Å². The van der Waals surface area contributed by atoms with Crippen molar-refractivity contribution < 1.29 is 44.1 Å². The van der Waals surface area contributed by atoms with Crippen LogP contribution in [-0.2, 0) is 18.9 Å². The van der Waals surface area contributed by atoms with Crippen LogP contribution < -0.4 is 0 Å². The summed E-state index contributed by atoms with van der Waals surface area (Å²) < 4.78 is 8.70. The van der Waals surface area contributed by atoms with Crippen molar-refractivity contribution in [2.75, 3.05) is 0 Å². The van der Waals surface area contributed by atoms with E-state index in [-0.39, 0.29) is 0 Å². The number of aliphatic carboxylic acids is 3. The molecular formula is C7H12O9P+. The lowest BCUT2D eigenvalue weighted by Crippen LogP contribution is -2.29. The monoisotopic (exact) mass is 271 g/mol. The number of carboxylic acid groups (broad SMARTS) is 3. The van der Waals surface area contributed by atoms with Gasteiger partial charge in [-0.15, -0.1) is 9.79 Å². The zero-order chi connectivity index (χ0) is 14.2. The van der Waals surface area contributed by atoms with Gasteiger partial charge in [0.25, 0.3) is 0 Å². The number of hydrogen-bond acceptors (Lipinski definition) is 4. The maximum absolute atomic E-state index is 10.5. The van der Waals surface area contributed by atoms with E-state index >= 15 is 0 Å². The molecule has 0 heterocycles. The Balaban J connectivity index is 0. The molecule has 2 unspecified atom stereocenters. The summed E-state index contributed by atoms with van der Waals surface area (Å²) in [5.74, 6) is -6.62. The normalized spacial score (nSPS) is 12.6. The molecule has 0 rings (SSSR count). The third-order valence-electron chi connectivity index (χ3n) is 1.70. The highest BCUT2D eigenvalue weighted by atomic mass is 31.1. The largest absolute Gasteiger partial charge is 0.692 e. The van der Waals surface area contributed by atoms with Crippen LogP contribution in [0.4, 0.5) is 0 Å². The van der Waals surface area contributed by atoms with Gasteiger partial charge in [0, 0.05) is 4.57 Å². The summed E-state index contributed by atoms with van der Waals surface area (Å²) in [6, 6.07) is 0. The minimum absolute atomic E-state index is 0.678. The van der Waals surface area contributed by atoms with Gasteiger partial charge in [-0.2, -0.15) is 0 Å². The fraction of sp³-hybridized carbons (Fsp3) is 0.571. The molecule has 0 spiro atoms. The van der Waals surface area contributed by atoms with Crippen molar-refractivity contribution in [3.63, 3.8) is 0 Å². The topological polar surface area (TPSA) is 169 Å². The first-order valence-electron chi connectivity index (χ1n) is 4.12. The SMILES string of the molecule is CC(C(=O)O)C(CC(=O)O)C(=O)O.O=[P+](O)O. The van der Waals surface area contributed by atoms with Gasteiger partial charge in [-0.05, 0) is 0 Å². The van der Waals surface area contributed by atoms with Crippen molar-refractivity contribution in [3.8, 4) is 0 Å². The summed E-state index contributed by atoms with van der Waals surface area (Å²) in [7, 11) is -2.87. The van der Waals surface area contributed by atoms with Gasteiger partial charge in [0.15, 0.2) is 0 Å². The molecule has 98 valence electrons. The average molecular weight is 271 g/mol. The van der Waals surface area contributed by atoms with Gasteiger partial charge in [0.2, 0.25) is 0 Å². The van der Waals surface area contributed by atoms with Crippen LogP contribution in [0.1, 0.15) is 13.3 Å². The Hall–Kier alpha value is -1.57. The van der Waals surface area contributed by atoms with Gasteiger partial charge in [0.1, 0.15) is 0 Å². The first kappa shape index (κ1) is 17.8. The number of hydrogen-bond donors (Lipinski definition) is 5. The predicted molar refractivity (Wildman–Crippen MR) is 52.2 cm³/mol. The lowest BCUT2D eigenvalue weighted by molar-refractivity contribution is -0.156. The van der Waals surface area contributed by atoms with E-state index in [1.165, 1.54) is 6.92 Å². The van der Waals surface area contributed by atoms with Crippen LogP contribution in [0.15, 0.2) is 0 Å². The molecule has 0 aromatic carbocycles. The van der Waals surface area contributed by atoms with E-state index in [1.807, 2.05) is 0 Å². The van der Waals surface area contributed by atoms with Crippen molar-refractivity contribution in [1.29, 1.82) is 0 Å². The quantitative estimate of drug-likeness (QED) is 0.414. The number of carbonyl (C=O) groups is 3. The molecule has 2 atom stereocenters. The molecule has 0 saturated heterocycles. The Morgan fingerprint density at radius 1 is 1.06 bits per heavy atom.